The number of nitrogens with zero attached hydrogens (tertiary/aromatic N) is 3. The van der Waals surface area contributed by atoms with Gasteiger partial charge in [-0.1, -0.05) is 12.1 Å². The fourth-order valence-corrected chi connectivity index (χ4v) is 3.44. The summed E-state index contributed by atoms with van der Waals surface area (Å²) in [7, 11) is 3.11. The number of aromatic amines is 1. The van der Waals surface area contributed by atoms with E-state index < -0.39 is 0 Å². The highest BCUT2D eigenvalue weighted by Gasteiger charge is 2.17. The molecule has 0 bridgehead atoms. The minimum Gasteiger partial charge on any atom is -0.497 e. The molecule has 4 aromatic rings. The van der Waals surface area contributed by atoms with Gasteiger partial charge in [0, 0.05) is 11.6 Å². The second-order valence-corrected chi connectivity index (χ2v) is 6.92. The Hall–Kier alpha value is -3.59. The van der Waals surface area contributed by atoms with E-state index in [1.54, 1.807) is 50.9 Å². The van der Waals surface area contributed by atoms with Crippen molar-refractivity contribution in [2.45, 2.75) is 5.25 Å². The van der Waals surface area contributed by atoms with Crippen LogP contribution in [-0.2, 0) is 0 Å². The van der Waals surface area contributed by atoms with Crippen molar-refractivity contribution in [3.05, 3.63) is 71.9 Å². The zero-order valence-corrected chi connectivity index (χ0v) is 17.2. The summed E-state index contributed by atoms with van der Waals surface area (Å²) >= 11 is 4.71. The number of rotatable bonds is 6. The molecule has 2 aromatic carbocycles. The molecule has 1 amide bonds. The molecule has 0 aliphatic carbocycles. The highest BCUT2D eigenvalue weighted by molar-refractivity contribution is 7.80. The van der Waals surface area contributed by atoms with Crippen molar-refractivity contribution >= 4 is 35.4 Å². The predicted octanol–water partition coefficient (Wildman–Crippen LogP) is 3.64. The zero-order valence-electron chi connectivity index (χ0n) is 16.3. The number of nitrogens with one attached hydrogen (secondary N) is 2. The summed E-state index contributed by atoms with van der Waals surface area (Å²) in [6.45, 7) is 0. The van der Waals surface area contributed by atoms with Crippen LogP contribution in [-0.4, -0.2) is 40.1 Å². The van der Waals surface area contributed by atoms with Crippen molar-refractivity contribution in [2.24, 2.45) is 0 Å². The summed E-state index contributed by atoms with van der Waals surface area (Å²) in [6.07, 6.45) is 3.04. The third kappa shape index (κ3) is 3.79. The number of anilines is 1. The smallest absolute Gasteiger partial charge is 0.255 e. The fraction of sp³-hybridized carbons (Fsp3) is 0.143. The van der Waals surface area contributed by atoms with E-state index in [1.807, 2.05) is 12.1 Å². The molecule has 30 heavy (non-hydrogen) atoms. The van der Waals surface area contributed by atoms with Gasteiger partial charge in [0.2, 0.25) is 0 Å². The molecule has 1 atom stereocenters. The molecule has 0 fully saturated rings. The summed E-state index contributed by atoms with van der Waals surface area (Å²) in [5.74, 6) is 0.902. The van der Waals surface area contributed by atoms with Crippen LogP contribution >= 0.6 is 12.6 Å². The van der Waals surface area contributed by atoms with Crippen LogP contribution in [0.4, 0.5) is 5.69 Å². The summed E-state index contributed by atoms with van der Waals surface area (Å²) < 4.78 is 10.5. The molecule has 8 nitrogen and oxygen atoms in total. The lowest BCUT2D eigenvalue weighted by atomic mass is 10.1. The van der Waals surface area contributed by atoms with Gasteiger partial charge in [0.15, 0.2) is 5.65 Å². The van der Waals surface area contributed by atoms with Gasteiger partial charge in [-0.15, -0.1) is 0 Å². The van der Waals surface area contributed by atoms with E-state index in [9.17, 15) is 4.79 Å². The quantitative estimate of drug-likeness (QED) is 0.411. The first-order valence-corrected chi connectivity index (χ1v) is 9.57. The van der Waals surface area contributed by atoms with Gasteiger partial charge < -0.3 is 19.8 Å². The summed E-state index contributed by atoms with van der Waals surface area (Å²) in [4.78, 5) is 28.4. The number of benzene rings is 2. The molecule has 4 rings (SSSR count). The number of fused-ring (bicyclic) bond motifs is 1. The van der Waals surface area contributed by atoms with Crippen LogP contribution in [0.2, 0.25) is 0 Å². The Kier molecular flexibility index (Phi) is 5.53. The average molecular weight is 421 g/mol. The Balaban J connectivity index is 1.55. The molecule has 1 unspecified atom stereocenters. The molecule has 0 radical (unpaired) electrons. The lowest BCUT2D eigenvalue weighted by Crippen LogP contribution is -2.13. The zero-order chi connectivity index (χ0) is 21.1. The fourth-order valence-electron chi connectivity index (χ4n) is 3.07. The molecule has 0 aliphatic rings. The molecule has 0 aliphatic heterocycles. The molecule has 152 valence electrons. The number of amides is 1. The van der Waals surface area contributed by atoms with Crippen molar-refractivity contribution in [1.29, 1.82) is 0 Å². The van der Waals surface area contributed by atoms with Crippen molar-refractivity contribution < 1.29 is 14.3 Å². The maximum absolute atomic E-state index is 12.7. The maximum atomic E-state index is 12.7. The molecule has 0 saturated carbocycles. The van der Waals surface area contributed by atoms with Crippen LogP contribution in [0, 0.1) is 0 Å². The van der Waals surface area contributed by atoms with E-state index >= 15 is 0 Å². The van der Waals surface area contributed by atoms with Crippen LogP contribution in [0.1, 0.15) is 26.9 Å². The van der Waals surface area contributed by atoms with Crippen LogP contribution in [0.25, 0.3) is 11.2 Å². The number of methoxy groups -OCH3 is 2. The van der Waals surface area contributed by atoms with E-state index in [4.69, 9.17) is 22.1 Å². The molecule has 2 N–H and O–H groups in total. The van der Waals surface area contributed by atoms with Gasteiger partial charge in [0.1, 0.15) is 23.3 Å². The first-order valence-electron chi connectivity index (χ1n) is 9.06. The lowest BCUT2D eigenvalue weighted by Gasteiger charge is -2.13. The second-order valence-electron chi connectivity index (χ2n) is 6.40. The van der Waals surface area contributed by atoms with Crippen LogP contribution in [0.15, 0.2) is 55.1 Å². The van der Waals surface area contributed by atoms with E-state index in [2.05, 4.69) is 25.3 Å². The maximum Gasteiger partial charge on any atom is 0.255 e. The van der Waals surface area contributed by atoms with Crippen molar-refractivity contribution in [2.75, 3.05) is 19.5 Å². The molecule has 2 heterocycles. The van der Waals surface area contributed by atoms with Crippen LogP contribution < -0.4 is 14.8 Å². The van der Waals surface area contributed by atoms with Crippen LogP contribution in [0.3, 0.4) is 0 Å². The largest absolute Gasteiger partial charge is 0.497 e. The normalized spacial score (nSPS) is 11.8. The Bertz CT molecular complexity index is 1190. The topological polar surface area (TPSA) is 102 Å². The third-order valence-electron chi connectivity index (χ3n) is 4.65. The molecule has 0 saturated heterocycles. The Morgan fingerprint density at radius 2 is 1.87 bits per heavy atom. The summed E-state index contributed by atoms with van der Waals surface area (Å²) in [5.41, 5.74) is 3.97. The number of aromatic nitrogens is 4. The minimum absolute atomic E-state index is 0.262. The standard InChI is InChI=1S/C21H19N5O3S/c1-28-14-7-8-16(29-2)15(9-14)26-21(27)13-5-3-12(4-6-13)19(30)17-18-20(24-10-22-17)25-11-23-18/h3-11,19,30H,1-2H3,(H,26,27)(H,22,23,24,25). The van der Waals surface area contributed by atoms with Crippen molar-refractivity contribution in [1.82, 2.24) is 19.9 Å². The van der Waals surface area contributed by atoms with Gasteiger partial charge in [-0.05, 0) is 29.8 Å². The van der Waals surface area contributed by atoms with Gasteiger partial charge >= 0.3 is 0 Å². The number of thiol groups is 1. The van der Waals surface area contributed by atoms with Gasteiger partial charge in [-0.25, -0.2) is 15.0 Å². The highest BCUT2D eigenvalue weighted by Crippen LogP contribution is 2.31. The van der Waals surface area contributed by atoms with Gasteiger partial charge in [-0.3, -0.25) is 4.79 Å². The molecule has 9 heteroatoms. The van der Waals surface area contributed by atoms with Crippen molar-refractivity contribution in [3.8, 4) is 11.5 Å². The molecule has 0 spiro atoms. The number of carbonyl (C=O) groups excluding carboxylic acids is 1. The summed E-state index contributed by atoms with van der Waals surface area (Å²) in [5, 5.41) is 2.56. The average Bonchev–Trinajstić information content (AvgIpc) is 3.27. The van der Waals surface area contributed by atoms with E-state index in [0.29, 0.717) is 28.4 Å². The third-order valence-corrected chi connectivity index (χ3v) is 5.20. The first-order chi connectivity index (χ1) is 14.6. The number of hydrogen-bond acceptors (Lipinski definition) is 7. The first kappa shape index (κ1) is 19.7. The molecule has 2 aromatic heterocycles. The summed E-state index contributed by atoms with van der Waals surface area (Å²) in [6, 6.07) is 12.4. The second kappa shape index (κ2) is 8.42. The van der Waals surface area contributed by atoms with Crippen LogP contribution in [0.5, 0.6) is 11.5 Å². The van der Waals surface area contributed by atoms with Gasteiger partial charge in [0.25, 0.3) is 5.91 Å². The Morgan fingerprint density at radius 1 is 1.07 bits per heavy atom. The van der Waals surface area contributed by atoms with Gasteiger partial charge in [-0.2, -0.15) is 12.6 Å². The number of ether oxygens (including phenoxy) is 2. The van der Waals surface area contributed by atoms with E-state index in [1.165, 1.54) is 6.33 Å². The number of carbonyl (C=O) groups is 1. The van der Waals surface area contributed by atoms with E-state index in [-0.39, 0.29) is 11.2 Å². The van der Waals surface area contributed by atoms with Crippen molar-refractivity contribution in [3.63, 3.8) is 0 Å². The monoisotopic (exact) mass is 421 g/mol. The Labute approximate surface area is 178 Å². The number of H-pyrrole nitrogens is 1. The number of hydrogen-bond donors (Lipinski definition) is 3. The number of imidazole rings is 1. The van der Waals surface area contributed by atoms with E-state index in [0.717, 1.165) is 16.8 Å². The predicted molar refractivity (Wildman–Crippen MR) is 116 cm³/mol. The lowest BCUT2D eigenvalue weighted by molar-refractivity contribution is 0.102. The molecular formula is C21H19N5O3S. The SMILES string of the molecule is COc1ccc(OC)c(NC(=O)c2ccc(C(S)c3ncnc4nc[nH]c34)cc2)c1. The Morgan fingerprint density at radius 3 is 2.60 bits per heavy atom. The minimum atomic E-state index is -0.300. The highest BCUT2D eigenvalue weighted by atomic mass is 32.1. The molecular weight excluding hydrogens is 402 g/mol. The van der Waals surface area contributed by atoms with Gasteiger partial charge in [0.05, 0.1) is 37.2 Å².